The van der Waals surface area contributed by atoms with Crippen molar-refractivity contribution in [2.45, 2.75) is 6.92 Å². The monoisotopic (exact) mass is 182 g/mol. The van der Waals surface area contributed by atoms with E-state index in [1.54, 1.807) is 0 Å². The summed E-state index contributed by atoms with van der Waals surface area (Å²) < 4.78 is 26.9. The summed E-state index contributed by atoms with van der Waals surface area (Å²) in [6.45, 7) is 1.37. The SMILES string of the molecule is CCS(=O)(=O)O.[GaH3]. The topological polar surface area (TPSA) is 54.4 Å². The van der Waals surface area contributed by atoms with E-state index in [4.69, 9.17) is 4.55 Å². The van der Waals surface area contributed by atoms with Crippen LogP contribution < -0.4 is 0 Å². The molecule has 0 saturated carbocycles. The van der Waals surface area contributed by atoms with Crippen molar-refractivity contribution in [3.05, 3.63) is 0 Å². The first-order chi connectivity index (χ1) is 2.56. The molecular weight excluding hydrogens is 174 g/mol. The van der Waals surface area contributed by atoms with E-state index in [2.05, 4.69) is 0 Å². The van der Waals surface area contributed by atoms with Crippen LogP contribution >= 0.6 is 0 Å². The van der Waals surface area contributed by atoms with Crippen molar-refractivity contribution in [3.63, 3.8) is 0 Å². The van der Waals surface area contributed by atoms with Gasteiger partial charge in [-0.3, -0.25) is 4.55 Å². The summed E-state index contributed by atoms with van der Waals surface area (Å²) in [5.41, 5.74) is 0. The van der Waals surface area contributed by atoms with Gasteiger partial charge < -0.3 is 0 Å². The van der Waals surface area contributed by atoms with E-state index >= 15 is 0 Å². The van der Waals surface area contributed by atoms with Gasteiger partial charge in [-0.1, -0.05) is 0 Å². The van der Waals surface area contributed by atoms with Crippen LogP contribution in [0.2, 0.25) is 0 Å². The van der Waals surface area contributed by atoms with E-state index in [1.165, 1.54) is 6.92 Å². The fraction of sp³-hybridized carbons (Fsp3) is 1.00. The van der Waals surface area contributed by atoms with Crippen LogP contribution in [0, 0.1) is 0 Å². The molecule has 1 N–H and O–H groups in total. The minimum absolute atomic E-state index is 0. The molecule has 0 unspecified atom stereocenters. The van der Waals surface area contributed by atoms with Gasteiger partial charge in [0.05, 0.1) is 5.75 Å². The molecule has 0 bridgehead atoms. The van der Waals surface area contributed by atoms with Gasteiger partial charge >= 0.3 is 19.8 Å². The Kier molecular flexibility index (Phi) is 5.31. The fourth-order valence-corrected chi connectivity index (χ4v) is 0. The van der Waals surface area contributed by atoms with Crippen LogP contribution in [0.5, 0.6) is 0 Å². The summed E-state index contributed by atoms with van der Waals surface area (Å²) in [6.07, 6.45) is 0. The van der Waals surface area contributed by atoms with Crippen molar-refractivity contribution in [1.29, 1.82) is 0 Å². The fourth-order valence-electron chi connectivity index (χ4n) is 0. The first-order valence-corrected chi connectivity index (χ1v) is 3.12. The summed E-state index contributed by atoms with van der Waals surface area (Å²) in [6, 6.07) is 0. The molecule has 0 aliphatic heterocycles. The second kappa shape index (κ2) is 3.54. The Morgan fingerprint density at radius 1 is 1.57 bits per heavy atom. The van der Waals surface area contributed by atoms with Crippen LogP contribution in [-0.4, -0.2) is 38.5 Å². The van der Waals surface area contributed by atoms with E-state index in [1.807, 2.05) is 0 Å². The minimum atomic E-state index is -3.66. The van der Waals surface area contributed by atoms with Crippen molar-refractivity contribution in [2.75, 3.05) is 5.75 Å². The molecule has 0 aromatic heterocycles. The Bertz CT molecular complexity index is 115. The third-order valence-electron chi connectivity index (χ3n) is 0.365. The third kappa shape index (κ3) is 10.8. The summed E-state index contributed by atoms with van der Waals surface area (Å²) in [7, 11) is -3.66. The van der Waals surface area contributed by atoms with Crippen molar-refractivity contribution in [2.24, 2.45) is 0 Å². The quantitative estimate of drug-likeness (QED) is 0.406. The number of rotatable bonds is 1. The maximum atomic E-state index is 9.56. The van der Waals surface area contributed by atoms with Crippen molar-refractivity contribution in [1.82, 2.24) is 0 Å². The Morgan fingerprint density at radius 3 is 1.71 bits per heavy atom. The third-order valence-corrected chi connectivity index (χ3v) is 1.09. The molecule has 0 saturated heterocycles. The standard InChI is InChI=1S/C2H6O3S.Ga.3H/c1-2-6(3,4)5;;;;/h2H2,1H3,(H,3,4,5);;;;. The predicted octanol–water partition coefficient (Wildman–Crippen LogP) is -1.29. The van der Waals surface area contributed by atoms with Crippen LogP contribution in [-0.2, 0) is 10.1 Å². The summed E-state index contributed by atoms with van der Waals surface area (Å²) in [5.74, 6) is -0.201. The average Bonchev–Trinajstić information content (AvgIpc) is 1.35. The van der Waals surface area contributed by atoms with Crippen molar-refractivity contribution < 1.29 is 13.0 Å². The first-order valence-electron chi connectivity index (χ1n) is 1.51. The summed E-state index contributed by atoms with van der Waals surface area (Å²) in [5, 5.41) is 0. The van der Waals surface area contributed by atoms with Gasteiger partial charge in [-0.2, -0.15) is 8.42 Å². The van der Waals surface area contributed by atoms with Gasteiger partial charge in [0.15, 0.2) is 0 Å². The zero-order chi connectivity index (χ0) is 5.21. The number of hydrogen-bond donors (Lipinski definition) is 1. The Balaban J connectivity index is 0. The van der Waals surface area contributed by atoms with Gasteiger partial charge in [0.1, 0.15) is 0 Å². The molecule has 44 valence electrons. The molecule has 0 amide bonds. The maximum absolute atomic E-state index is 9.56. The van der Waals surface area contributed by atoms with Crippen LogP contribution in [0.3, 0.4) is 0 Å². The second-order valence-electron chi connectivity index (χ2n) is 0.871. The molecule has 0 aliphatic carbocycles. The Morgan fingerprint density at radius 2 is 1.71 bits per heavy atom. The molecule has 0 heterocycles. The molecule has 0 spiro atoms. The average molecular weight is 183 g/mol. The van der Waals surface area contributed by atoms with E-state index in [-0.39, 0.29) is 25.5 Å². The normalized spacial score (nSPS) is 10.0. The molecule has 7 heavy (non-hydrogen) atoms. The van der Waals surface area contributed by atoms with Gasteiger partial charge in [0, 0.05) is 0 Å². The van der Waals surface area contributed by atoms with Crippen molar-refractivity contribution in [3.8, 4) is 0 Å². The van der Waals surface area contributed by atoms with Gasteiger partial charge in [0.2, 0.25) is 0 Å². The van der Waals surface area contributed by atoms with Crippen LogP contribution in [0.15, 0.2) is 0 Å². The molecule has 0 fully saturated rings. The van der Waals surface area contributed by atoms with Gasteiger partial charge in [-0.05, 0) is 6.92 Å². The van der Waals surface area contributed by atoms with Gasteiger partial charge in [0.25, 0.3) is 10.1 Å². The molecule has 3 nitrogen and oxygen atoms in total. The Hall–Kier alpha value is 0.546. The first kappa shape index (κ1) is 10.5. The van der Waals surface area contributed by atoms with E-state index in [0.29, 0.717) is 0 Å². The molecule has 0 rings (SSSR count). The number of hydrogen-bond acceptors (Lipinski definition) is 2. The molecule has 0 aromatic carbocycles. The van der Waals surface area contributed by atoms with Gasteiger partial charge in [-0.15, -0.1) is 0 Å². The molecule has 0 aromatic rings. The molecule has 0 radical (unpaired) electrons. The second-order valence-corrected chi connectivity index (χ2v) is 2.61. The zero-order valence-corrected chi connectivity index (χ0v) is 4.20. The van der Waals surface area contributed by atoms with E-state index in [9.17, 15) is 8.42 Å². The summed E-state index contributed by atoms with van der Waals surface area (Å²) in [4.78, 5) is 0. The van der Waals surface area contributed by atoms with Crippen LogP contribution in [0.4, 0.5) is 0 Å². The Labute approximate surface area is 55.9 Å². The van der Waals surface area contributed by atoms with E-state index < -0.39 is 10.1 Å². The van der Waals surface area contributed by atoms with Crippen LogP contribution in [0.1, 0.15) is 6.92 Å². The predicted molar refractivity (Wildman–Crippen MR) is 32.0 cm³/mol. The van der Waals surface area contributed by atoms with Crippen molar-refractivity contribution >= 4 is 29.9 Å². The molecule has 0 atom stereocenters. The molecule has 0 aliphatic rings. The zero-order valence-electron chi connectivity index (χ0n) is 3.38. The van der Waals surface area contributed by atoms with Crippen LogP contribution in [0.25, 0.3) is 0 Å². The molecular formula is C2H9GaO3S. The molecule has 5 heteroatoms. The van der Waals surface area contributed by atoms with Gasteiger partial charge in [-0.25, -0.2) is 0 Å². The van der Waals surface area contributed by atoms with E-state index in [0.717, 1.165) is 0 Å². The summed E-state index contributed by atoms with van der Waals surface area (Å²) >= 11 is 0.